The number of nitrogens with zero attached hydrogens (tertiary/aromatic N) is 2. The molecule has 1 N–H and O–H groups in total. The zero-order valence-corrected chi connectivity index (χ0v) is 15.6. The molecular weight excluding hydrogens is 390 g/mol. The zero-order chi connectivity index (χ0) is 19.4. The van der Waals surface area contributed by atoms with Crippen LogP contribution in [-0.2, 0) is 21.4 Å². The molecule has 0 spiro atoms. The van der Waals surface area contributed by atoms with Gasteiger partial charge in [0.1, 0.15) is 6.61 Å². The smallest absolute Gasteiger partial charge is 0.338 e. The number of hydrogen-bond donors (Lipinski definition) is 1. The monoisotopic (exact) mass is 405 g/mol. The zero-order valence-electron chi connectivity index (χ0n) is 14.0. The maximum atomic E-state index is 12.2. The Balaban J connectivity index is 1.75. The number of fused-ring (bicyclic) bond motifs is 1. The van der Waals surface area contributed by atoms with Crippen molar-refractivity contribution in [3.63, 3.8) is 0 Å². The number of thiazole rings is 1. The summed E-state index contributed by atoms with van der Waals surface area (Å²) in [4.78, 5) is 28.8. The van der Waals surface area contributed by atoms with Crippen molar-refractivity contribution in [3.05, 3.63) is 76.2 Å². The third-order valence-corrected chi connectivity index (χ3v) is 5.68. The summed E-state index contributed by atoms with van der Waals surface area (Å²) in [5, 5.41) is 1.73. The van der Waals surface area contributed by atoms with Gasteiger partial charge < -0.3 is 4.74 Å². The van der Waals surface area contributed by atoms with Crippen molar-refractivity contribution < 1.29 is 17.9 Å². The van der Waals surface area contributed by atoms with E-state index in [-0.39, 0.29) is 29.2 Å². The maximum Gasteiger partial charge on any atom is 0.338 e. The van der Waals surface area contributed by atoms with Crippen LogP contribution >= 0.6 is 11.3 Å². The number of ether oxygens (including phenoxy) is 1. The molecular formula is C17H15N3O5S2. The van der Waals surface area contributed by atoms with Crippen LogP contribution in [-0.4, -0.2) is 30.3 Å². The number of nitrogens with one attached hydrogen (secondary N) is 1. The Kier molecular flexibility index (Phi) is 5.49. The van der Waals surface area contributed by atoms with E-state index >= 15 is 0 Å². The first-order valence-electron chi connectivity index (χ1n) is 7.74. The number of carbonyl (C=O) groups is 1. The van der Waals surface area contributed by atoms with Crippen molar-refractivity contribution in [1.82, 2.24) is 14.1 Å². The average Bonchev–Trinajstić information content (AvgIpc) is 3.14. The van der Waals surface area contributed by atoms with Gasteiger partial charge in [-0.2, -0.15) is 0 Å². The van der Waals surface area contributed by atoms with E-state index < -0.39 is 16.0 Å². The third kappa shape index (κ3) is 4.30. The SMILES string of the molecule is C=CCNS(=O)(=O)c1cccc(C(=O)OCc2cc(=O)n3ccsc3n2)c1. The summed E-state index contributed by atoms with van der Waals surface area (Å²) in [7, 11) is -3.75. The summed E-state index contributed by atoms with van der Waals surface area (Å²) < 4.78 is 33.1. The quantitative estimate of drug-likeness (QED) is 0.472. The predicted molar refractivity (Wildman–Crippen MR) is 100 cm³/mol. The van der Waals surface area contributed by atoms with E-state index in [0.29, 0.717) is 10.7 Å². The van der Waals surface area contributed by atoms with Crippen molar-refractivity contribution >= 4 is 32.3 Å². The second-order valence-corrected chi connectivity index (χ2v) is 8.03. The fraction of sp³-hybridized carbons (Fsp3) is 0.118. The van der Waals surface area contributed by atoms with Gasteiger partial charge in [0.15, 0.2) is 4.96 Å². The standard InChI is InChI=1S/C17H15N3O5S2/c1-2-6-18-27(23,24)14-5-3-4-12(9-14)16(22)25-11-13-10-15(21)20-7-8-26-17(20)19-13/h2-5,7-10,18H,1,6,11H2. The molecule has 3 aromatic rings. The van der Waals surface area contributed by atoms with E-state index in [9.17, 15) is 18.0 Å². The Hall–Kier alpha value is -2.82. The van der Waals surface area contributed by atoms with Crippen molar-refractivity contribution in [2.45, 2.75) is 11.5 Å². The van der Waals surface area contributed by atoms with E-state index in [1.807, 2.05) is 0 Å². The Morgan fingerprint density at radius 1 is 1.37 bits per heavy atom. The van der Waals surface area contributed by atoms with Gasteiger partial charge in [0.25, 0.3) is 5.56 Å². The van der Waals surface area contributed by atoms with E-state index in [0.717, 1.165) is 0 Å². The number of rotatable bonds is 7. The van der Waals surface area contributed by atoms with Crippen molar-refractivity contribution in [2.75, 3.05) is 6.54 Å². The summed E-state index contributed by atoms with van der Waals surface area (Å²) in [5.74, 6) is -0.719. The number of carbonyl (C=O) groups excluding carboxylic acids is 1. The molecule has 0 saturated heterocycles. The van der Waals surface area contributed by atoms with Crippen LogP contribution in [0.25, 0.3) is 4.96 Å². The lowest BCUT2D eigenvalue weighted by Crippen LogP contribution is -2.24. The highest BCUT2D eigenvalue weighted by atomic mass is 32.2. The third-order valence-electron chi connectivity index (χ3n) is 3.51. The van der Waals surface area contributed by atoms with Crippen LogP contribution in [0.3, 0.4) is 0 Å². The molecule has 0 aliphatic rings. The lowest BCUT2D eigenvalue weighted by molar-refractivity contribution is 0.0467. The van der Waals surface area contributed by atoms with Gasteiger partial charge in [-0.05, 0) is 18.2 Å². The Bertz CT molecular complexity index is 1160. The van der Waals surface area contributed by atoms with Crippen LogP contribution in [0.1, 0.15) is 16.1 Å². The molecule has 2 heterocycles. The minimum atomic E-state index is -3.75. The molecule has 10 heteroatoms. The van der Waals surface area contributed by atoms with Crippen LogP contribution in [0.5, 0.6) is 0 Å². The molecule has 0 fully saturated rings. The molecule has 0 aliphatic heterocycles. The molecule has 0 atom stereocenters. The molecule has 8 nitrogen and oxygen atoms in total. The van der Waals surface area contributed by atoms with E-state index in [2.05, 4.69) is 16.3 Å². The predicted octanol–water partition coefficient (Wildman–Crippen LogP) is 1.58. The minimum Gasteiger partial charge on any atom is -0.456 e. The van der Waals surface area contributed by atoms with E-state index in [4.69, 9.17) is 4.74 Å². The van der Waals surface area contributed by atoms with Crippen molar-refractivity contribution in [2.24, 2.45) is 0 Å². The molecule has 0 amide bonds. The first kappa shape index (κ1) is 19.0. The number of hydrogen-bond acceptors (Lipinski definition) is 7. The highest BCUT2D eigenvalue weighted by molar-refractivity contribution is 7.89. The van der Waals surface area contributed by atoms with Gasteiger partial charge in [0.2, 0.25) is 10.0 Å². The summed E-state index contributed by atoms with van der Waals surface area (Å²) in [5.41, 5.74) is 0.117. The van der Waals surface area contributed by atoms with E-state index in [1.165, 1.54) is 52.1 Å². The van der Waals surface area contributed by atoms with Gasteiger partial charge in [-0.3, -0.25) is 9.20 Å². The van der Waals surface area contributed by atoms with Crippen LogP contribution in [0, 0.1) is 0 Å². The van der Waals surface area contributed by atoms with Crippen molar-refractivity contribution in [1.29, 1.82) is 0 Å². The van der Waals surface area contributed by atoms with Gasteiger partial charge in [-0.25, -0.2) is 22.9 Å². The average molecular weight is 405 g/mol. The first-order chi connectivity index (χ1) is 12.9. The van der Waals surface area contributed by atoms with Gasteiger partial charge >= 0.3 is 5.97 Å². The Morgan fingerprint density at radius 3 is 2.96 bits per heavy atom. The highest BCUT2D eigenvalue weighted by Gasteiger charge is 2.16. The molecule has 0 bridgehead atoms. The lowest BCUT2D eigenvalue weighted by Gasteiger charge is -2.08. The van der Waals surface area contributed by atoms with Gasteiger partial charge in [0.05, 0.1) is 16.2 Å². The van der Waals surface area contributed by atoms with Crippen LogP contribution in [0.15, 0.2) is 64.3 Å². The molecule has 140 valence electrons. The molecule has 3 rings (SSSR count). The van der Waals surface area contributed by atoms with Gasteiger partial charge in [0, 0.05) is 24.2 Å². The van der Waals surface area contributed by atoms with Crippen LogP contribution in [0.2, 0.25) is 0 Å². The number of sulfonamides is 1. The molecule has 2 aromatic heterocycles. The first-order valence-corrected chi connectivity index (χ1v) is 10.1. The molecule has 0 radical (unpaired) electrons. The maximum absolute atomic E-state index is 12.2. The van der Waals surface area contributed by atoms with Crippen molar-refractivity contribution in [3.8, 4) is 0 Å². The second-order valence-electron chi connectivity index (χ2n) is 5.39. The lowest BCUT2D eigenvalue weighted by atomic mass is 10.2. The molecule has 0 unspecified atom stereocenters. The molecule has 0 aliphatic carbocycles. The number of aromatic nitrogens is 2. The largest absolute Gasteiger partial charge is 0.456 e. The van der Waals surface area contributed by atoms with Crippen LogP contribution < -0.4 is 10.3 Å². The molecule has 1 aromatic carbocycles. The Labute approximate surface area is 158 Å². The fourth-order valence-electron chi connectivity index (χ4n) is 2.23. The topological polar surface area (TPSA) is 107 Å². The molecule has 0 saturated carbocycles. The van der Waals surface area contributed by atoms with Gasteiger partial charge in [-0.15, -0.1) is 17.9 Å². The number of esters is 1. The van der Waals surface area contributed by atoms with E-state index in [1.54, 1.807) is 11.6 Å². The highest BCUT2D eigenvalue weighted by Crippen LogP contribution is 2.13. The summed E-state index contributed by atoms with van der Waals surface area (Å²) in [6.07, 6.45) is 3.02. The number of benzene rings is 1. The van der Waals surface area contributed by atoms with Gasteiger partial charge in [-0.1, -0.05) is 12.1 Å². The summed E-state index contributed by atoms with van der Waals surface area (Å²) >= 11 is 1.29. The Morgan fingerprint density at radius 2 is 2.19 bits per heavy atom. The molecule has 27 heavy (non-hydrogen) atoms. The minimum absolute atomic E-state index is 0.0600. The summed E-state index contributed by atoms with van der Waals surface area (Å²) in [6, 6.07) is 6.77. The second kappa shape index (κ2) is 7.82. The fourth-order valence-corrected chi connectivity index (χ4v) is 4.01. The summed E-state index contributed by atoms with van der Waals surface area (Å²) in [6.45, 7) is 3.32. The van der Waals surface area contributed by atoms with Crippen LogP contribution in [0.4, 0.5) is 0 Å². The normalized spacial score (nSPS) is 11.4.